The molecule has 0 saturated carbocycles. The van der Waals surface area contributed by atoms with Crippen LogP contribution >= 0.6 is 0 Å². The van der Waals surface area contributed by atoms with E-state index in [0.717, 1.165) is 24.4 Å². The second-order valence-corrected chi connectivity index (χ2v) is 10.8. The van der Waals surface area contributed by atoms with Gasteiger partial charge in [-0.1, -0.05) is 80.6 Å². The smallest absolute Gasteiger partial charge is 0.328 e. The van der Waals surface area contributed by atoms with Crippen LogP contribution in [0.1, 0.15) is 40.9 Å². The number of hydrogen-bond acceptors (Lipinski definition) is 6. The van der Waals surface area contributed by atoms with Gasteiger partial charge in [-0.2, -0.15) is 0 Å². The van der Waals surface area contributed by atoms with Crippen molar-refractivity contribution >= 4 is 23.1 Å². The third kappa shape index (κ3) is 8.46. The van der Waals surface area contributed by atoms with Gasteiger partial charge in [0.25, 0.3) is 0 Å². The molecule has 0 aliphatic rings. The zero-order valence-electron chi connectivity index (χ0n) is 24.9. The van der Waals surface area contributed by atoms with Crippen LogP contribution < -0.4 is 15.0 Å². The molecular weight excluding hydrogens is 524 g/mol. The molecule has 0 aliphatic heterocycles. The molecule has 42 heavy (non-hydrogen) atoms. The number of anilines is 2. The first-order chi connectivity index (χ1) is 20.3. The second kappa shape index (κ2) is 14.9. The fourth-order valence-electron chi connectivity index (χ4n) is 4.90. The third-order valence-corrected chi connectivity index (χ3v) is 6.97. The molecule has 0 amide bonds. The number of methoxy groups -OCH3 is 1. The van der Waals surface area contributed by atoms with E-state index in [9.17, 15) is 9.59 Å². The molecule has 0 radical (unpaired) electrons. The van der Waals surface area contributed by atoms with Gasteiger partial charge in [-0.15, -0.1) is 0 Å². The topological polar surface area (TPSA) is 67.9 Å². The minimum absolute atomic E-state index is 0.113. The SMILES string of the molecule is COC(=O)C(Cc1ccc(OCCN(CC(C)C)c2cccc(C)c2)cc1)Nc1ccccc1C(=O)c1ccccc1. The highest BCUT2D eigenvalue weighted by Gasteiger charge is 2.22. The maximum absolute atomic E-state index is 13.2. The molecule has 4 aromatic rings. The summed E-state index contributed by atoms with van der Waals surface area (Å²) >= 11 is 0. The van der Waals surface area contributed by atoms with Crippen LogP contribution in [0.5, 0.6) is 5.75 Å². The standard InChI is InChI=1S/C36H40N2O4/c1-26(2)25-38(30-14-10-11-27(3)23-30)21-22-42-31-19-17-28(18-20-31)24-34(36(40)41-4)37-33-16-9-8-15-32(33)35(39)29-12-6-5-7-13-29/h5-20,23,26,34,37H,21-22,24-25H2,1-4H3. The maximum Gasteiger partial charge on any atom is 0.328 e. The van der Waals surface area contributed by atoms with Crippen LogP contribution in [-0.4, -0.2) is 44.6 Å². The highest BCUT2D eigenvalue weighted by atomic mass is 16.5. The monoisotopic (exact) mass is 564 g/mol. The highest BCUT2D eigenvalue weighted by molar-refractivity contribution is 6.12. The number of hydrogen-bond donors (Lipinski definition) is 1. The van der Waals surface area contributed by atoms with Crippen LogP contribution in [-0.2, 0) is 16.0 Å². The van der Waals surface area contributed by atoms with Crippen LogP contribution in [0.25, 0.3) is 0 Å². The van der Waals surface area contributed by atoms with Gasteiger partial charge in [0.15, 0.2) is 5.78 Å². The van der Waals surface area contributed by atoms with Crippen molar-refractivity contribution in [1.29, 1.82) is 0 Å². The highest BCUT2D eigenvalue weighted by Crippen LogP contribution is 2.23. The van der Waals surface area contributed by atoms with E-state index >= 15 is 0 Å². The summed E-state index contributed by atoms with van der Waals surface area (Å²) in [6.45, 7) is 8.83. The molecule has 4 rings (SSSR count). The van der Waals surface area contributed by atoms with Crippen molar-refractivity contribution < 1.29 is 19.1 Å². The first-order valence-electron chi connectivity index (χ1n) is 14.4. The molecule has 6 nitrogen and oxygen atoms in total. The molecule has 0 bridgehead atoms. The number of rotatable bonds is 14. The first-order valence-corrected chi connectivity index (χ1v) is 14.4. The van der Waals surface area contributed by atoms with Gasteiger partial charge in [-0.05, 0) is 60.4 Å². The number of benzene rings is 4. The molecular formula is C36H40N2O4. The Morgan fingerprint density at radius 1 is 0.857 bits per heavy atom. The molecule has 1 atom stereocenters. The van der Waals surface area contributed by atoms with Gasteiger partial charge in [0.05, 0.1) is 13.7 Å². The summed E-state index contributed by atoms with van der Waals surface area (Å²) < 4.78 is 11.2. The Balaban J connectivity index is 1.40. The van der Waals surface area contributed by atoms with Crippen LogP contribution in [0, 0.1) is 12.8 Å². The quantitative estimate of drug-likeness (QED) is 0.132. The zero-order valence-corrected chi connectivity index (χ0v) is 24.9. The van der Waals surface area contributed by atoms with E-state index in [1.54, 1.807) is 18.2 Å². The third-order valence-electron chi connectivity index (χ3n) is 6.97. The molecule has 6 heteroatoms. The average molecular weight is 565 g/mol. The Hall–Kier alpha value is -4.58. The second-order valence-electron chi connectivity index (χ2n) is 10.8. The van der Waals surface area contributed by atoms with Crippen molar-refractivity contribution in [3.63, 3.8) is 0 Å². The average Bonchev–Trinajstić information content (AvgIpc) is 3.01. The van der Waals surface area contributed by atoms with Crippen LogP contribution in [0.4, 0.5) is 11.4 Å². The Labute approximate surface area is 249 Å². The van der Waals surface area contributed by atoms with Gasteiger partial charge in [0.1, 0.15) is 18.4 Å². The lowest BCUT2D eigenvalue weighted by Gasteiger charge is -2.27. The van der Waals surface area contributed by atoms with E-state index in [4.69, 9.17) is 9.47 Å². The predicted octanol–water partition coefficient (Wildman–Crippen LogP) is 6.96. The molecule has 218 valence electrons. The van der Waals surface area contributed by atoms with Crippen molar-refractivity contribution in [2.75, 3.05) is 37.0 Å². The van der Waals surface area contributed by atoms with Gasteiger partial charge in [0.2, 0.25) is 0 Å². The summed E-state index contributed by atoms with van der Waals surface area (Å²) in [5.74, 6) is 0.787. The number of ether oxygens (including phenoxy) is 2. The molecule has 0 aliphatic carbocycles. The zero-order chi connectivity index (χ0) is 29.9. The summed E-state index contributed by atoms with van der Waals surface area (Å²) in [5.41, 5.74) is 5.06. The molecule has 1 unspecified atom stereocenters. The fraction of sp³-hybridized carbons (Fsp3) is 0.278. The minimum Gasteiger partial charge on any atom is -0.492 e. The number of carbonyl (C=O) groups is 2. The van der Waals surface area contributed by atoms with E-state index in [1.807, 2.05) is 60.7 Å². The van der Waals surface area contributed by atoms with Gasteiger partial charge >= 0.3 is 5.97 Å². The van der Waals surface area contributed by atoms with Crippen molar-refractivity contribution in [1.82, 2.24) is 0 Å². The normalized spacial score (nSPS) is 11.5. The Morgan fingerprint density at radius 3 is 2.26 bits per heavy atom. The molecule has 0 fully saturated rings. The number of para-hydroxylation sites is 1. The van der Waals surface area contributed by atoms with E-state index in [-0.39, 0.29) is 5.78 Å². The van der Waals surface area contributed by atoms with Gasteiger partial charge < -0.3 is 19.7 Å². The summed E-state index contributed by atoms with van der Waals surface area (Å²) in [5, 5.41) is 3.26. The largest absolute Gasteiger partial charge is 0.492 e. The Morgan fingerprint density at radius 2 is 1.57 bits per heavy atom. The minimum atomic E-state index is -0.676. The fourth-order valence-corrected chi connectivity index (χ4v) is 4.90. The molecule has 0 heterocycles. The maximum atomic E-state index is 13.2. The molecule has 4 aromatic carbocycles. The lowest BCUT2D eigenvalue weighted by molar-refractivity contribution is -0.141. The molecule has 0 spiro atoms. The van der Waals surface area contributed by atoms with E-state index in [2.05, 4.69) is 55.3 Å². The lowest BCUT2D eigenvalue weighted by atomic mass is 10.00. The number of aryl methyl sites for hydroxylation is 1. The Bertz CT molecular complexity index is 1450. The number of nitrogens with one attached hydrogen (secondary N) is 1. The summed E-state index contributed by atoms with van der Waals surface area (Å²) in [7, 11) is 1.37. The van der Waals surface area contributed by atoms with E-state index < -0.39 is 12.0 Å². The van der Waals surface area contributed by atoms with Crippen molar-refractivity contribution in [3.8, 4) is 5.75 Å². The van der Waals surface area contributed by atoms with Crippen LogP contribution in [0.15, 0.2) is 103 Å². The number of nitrogens with zero attached hydrogens (tertiary/aromatic N) is 1. The number of carbonyl (C=O) groups excluding carboxylic acids is 2. The molecule has 0 saturated heterocycles. The van der Waals surface area contributed by atoms with Crippen LogP contribution in [0.3, 0.4) is 0 Å². The van der Waals surface area contributed by atoms with Crippen molar-refractivity contribution in [3.05, 3.63) is 125 Å². The van der Waals surface area contributed by atoms with Crippen molar-refractivity contribution in [2.45, 2.75) is 33.2 Å². The summed E-state index contributed by atoms with van der Waals surface area (Å²) in [4.78, 5) is 28.3. The Kier molecular flexibility index (Phi) is 10.8. The molecule has 1 N–H and O–H groups in total. The molecule has 0 aromatic heterocycles. The van der Waals surface area contributed by atoms with Crippen molar-refractivity contribution in [2.24, 2.45) is 5.92 Å². The number of esters is 1. The number of ketones is 1. The first kappa shape index (κ1) is 30.4. The van der Waals surface area contributed by atoms with Gasteiger partial charge in [0, 0.05) is 35.5 Å². The van der Waals surface area contributed by atoms with E-state index in [0.29, 0.717) is 35.8 Å². The predicted molar refractivity (Wildman–Crippen MR) is 170 cm³/mol. The lowest BCUT2D eigenvalue weighted by Crippen LogP contribution is -2.33. The van der Waals surface area contributed by atoms with Crippen LogP contribution in [0.2, 0.25) is 0 Å². The summed E-state index contributed by atoms with van der Waals surface area (Å²) in [6.07, 6.45) is 0.385. The summed E-state index contributed by atoms with van der Waals surface area (Å²) in [6, 6.07) is 32.0. The van der Waals surface area contributed by atoms with E-state index in [1.165, 1.54) is 18.4 Å². The van der Waals surface area contributed by atoms with Gasteiger partial charge in [-0.25, -0.2) is 4.79 Å². The van der Waals surface area contributed by atoms with Gasteiger partial charge in [-0.3, -0.25) is 4.79 Å².